The Balaban J connectivity index is 1.25. The third-order valence-corrected chi connectivity index (χ3v) is 9.15. The third kappa shape index (κ3) is 4.59. The topological polar surface area (TPSA) is 35.5 Å². The Labute approximate surface area is 210 Å². The molecule has 2 atom stereocenters. The smallest absolute Gasteiger partial charge is 0.115 e. The van der Waals surface area contributed by atoms with Gasteiger partial charge in [-0.1, -0.05) is 48.5 Å². The van der Waals surface area contributed by atoms with E-state index in [2.05, 4.69) is 70.9 Å². The van der Waals surface area contributed by atoms with E-state index in [-0.39, 0.29) is 0 Å². The van der Waals surface area contributed by atoms with Gasteiger partial charge in [0.1, 0.15) is 5.75 Å². The van der Waals surface area contributed by atoms with Gasteiger partial charge in [-0.25, -0.2) is 0 Å². The highest BCUT2D eigenvalue weighted by Crippen LogP contribution is 2.47. The van der Waals surface area contributed by atoms with E-state index in [1.807, 2.05) is 12.1 Å². The predicted molar refractivity (Wildman–Crippen MR) is 144 cm³/mol. The fourth-order valence-electron chi connectivity index (χ4n) is 7.10. The highest BCUT2D eigenvalue weighted by molar-refractivity contribution is 5.52. The number of phenolic OH excluding ortho intramolecular Hbond substituents is 1. The fourth-order valence-corrected chi connectivity index (χ4v) is 7.10. The molecule has 3 aromatic carbocycles. The molecule has 0 bridgehead atoms. The zero-order valence-electron chi connectivity index (χ0n) is 20.8. The van der Waals surface area contributed by atoms with Crippen LogP contribution in [0.5, 0.6) is 5.75 Å². The van der Waals surface area contributed by atoms with Gasteiger partial charge >= 0.3 is 0 Å². The molecule has 2 fully saturated rings. The van der Waals surface area contributed by atoms with Crippen LogP contribution in [0.25, 0.3) is 0 Å². The molecule has 3 nitrogen and oxygen atoms in total. The molecule has 3 heteroatoms. The summed E-state index contributed by atoms with van der Waals surface area (Å²) < 4.78 is 0. The number of nitrogens with zero attached hydrogens (tertiary/aromatic N) is 1. The lowest BCUT2D eigenvalue weighted by Crippen LogP contribution is -2.40. The van der Waals surface area contributed by atoms with Gasteiger partial charge in [0.2, 0.25) is 0 Å². The van der Waals surface area contributed by atoms with Crippen molar-refractivity contribution in [3.63, 3.8) is 0 Å². The molecular formula is C32H38N2O. The van der Waals surface area contributed by atoms with Crippen LogP contribution in [0, 0.1) is 5.41 Å². The molecule has 1 spiro atoms. The summed E-state index contributed by atoms with van der Waals surface area (Å²) in [5, 5.41) is 13.7. The normalized spacial score (nSPS) is 24.1. The maximum Gasteiger partial charge on any atom is 0.115 e. The van der Waals surface area contributed by atoms with Crippen LogP contribution < -0.4 is 10.2 Å². The molecule has 182 valence electrons. The van der Waals surface area contributed by atoms with Crippen molar-refractivity contribution in [3.8, 4) is 5.75 Å². The van der Waals surface area contributed by atoms with Gasteiger partial charge in [-0.2, -0.15) is 0 Å². The first-order valence-corrected chi connectivity index (χ1v) is 13.6. The number of phenols is 1. The molecule has 0 amide bonds. The lowest BCUT2D eigenvalue weighted by Gasteiger charge is -2.42. The number of aryl methyl sites for hydroxylation is 1. The number of fused-ring (bicyclic) bond motifs is 1. The number of hydrogen-bond donors (Lipinski definition) is 2. The van der Waals surface area contributed by atoms with Crippen molar-refractivity contribution >= 4 is 5.69 Å². The molecule has 0 aromatic heterocycles. The average molecular weight is 467 g/mol. The first-order chi connectivity index (χ1) is 17.2. The maximum absolute atomic E-state index is 10.1. The minimum atomic E-state index is 0.318. The number of piperidine rings is 1. The molecular weight excluding hydrogens is 428 g/mol. The Hall–Kier alpha value is -2.78. The van der Waals surface area contributed by atoms with Gasteiger partial charge in [-0.3, -0.25) is 0 Å². The van der Waals surface area contributed by atoms with E-state index >= 15 is 0 Å². The van der Waals surface area contributed by atoms with Gasteiger partial charge in [0.15, 0.2) is 0 Å². The van der Waals surface area contributed by atoms with E-state index in [9.17, 15) is 5.11 Å². The van der Waals surface area contributed by atoms with Crippen LogP contribution in [-0.2, 0) is 6.42 Å². The second-order valence-corrected chi connectivity index (χ2v) is 11.1. The van der Waals surface area contributed by atoms with Crippen LogP contribution >= 0.6 is 0 Å². The van der Waals surface area contributed by atoms with E-state index in [0.29, 0.717) is 23.0 Å². The molecule has 35 heavy (non-hydrogen) atoms. The monoisotopic (exact) mass is 466 g/mol. The van der Waals surface area contributed by atoms with E-state index < -0.39 is 0 Å². The van der Waals surface area contributed by atoms with Crippen molar-refractivity contribution in [3.05, 3.63) is 95.1 Å². The Morgan fingerprint density at radius 2 is 1.60 bits per heavy atom. The second-order valence-electron chi connectivity index (χ2n) is 11.1. The number of rotatable bonds is 3. The Bertz CT molecular complexity index is 1120. The minimum Gasteiger partial charge on any atom is -0.508 e. The van der Waals surface area contributed by atoms with Crippen LogP contribution in [0.2, 0.25) is 0 Å². The Kier molecular flexibility index (Phi) is 6.28. The van der Waals surface area contributed by atoms with Gasteiger partial charge in [-0.15, -0.1) is 0 Å². The zero-order valence-corrected chi connectivity index (χ0v) is 20.8. The maximum atomic E-state index is 10.1. The zero-order chi connectivity index (χ0) is 23.7. The summed E-state index contributed by atoms with van der Waals surface area (Å²) >= 11 is 0. The number of aromatic hydroxyl groups is 1. The standard InChI is InChI=1S/C32H38N2O/c35-28-12-14-30-26(23-28)9-13-29(24-5-2-1-3-6-24)31(30)25-7-10-27(11-8-25)34-21-17-32(18-22-34)15-4-19-33-20-16-32/h1-3,5-8,10-12,14,23,29,31,33,35H,4,9,13,15-22H2/t29-,31+/m1/s1. The predicted octanol–water partition coefficient (Wildman–Crippen LogP) is 6.61. The van der Waals surface area contributed by atoms with Crippen molar-refractivity contribution in [1.29, 1.82) is 0 Å². The van der Waals surface area contributed by atoms with Gasteiger partial charge in [0, 0.05) is 24.7 Å². The van der Waals surface area contributed by atoms with E-state index in [1.165, 1.54) is 86.2 Å². The summed E-state index contributed by atoms with van der Waals surface area (Å²) in [6.07, 6.45) is 8.84. The van der Waals surface area contributed by atoms with Crippen molar-refractivity contribution < 1.29 is 5.11 Å². The SMILES string of the molecule is Oc1ccc2c(c1)CC[C@H](c1ccccc1)[C@@H]2c1ccc(N2CCC3(CCCNCC3)CC2)cc1. The van der Waals surface area contributed by atoms with E-state index in [4.69, 9.17) is 0 Å². The highest BCUT2D eigenvalue weighted by Gasteiger charge is 2.35. The van der Waals surface area contributed by atoms with Crippen LogP contribution in [0.4, 0.5) is 5.69 Å². The number of hydrogen-bond acceptors (Lipinski definition) is 3. The molecule has 0 unspecified atom stereocenters. The summed E-state index contributed by atoms with van der Waals surface area (Å²) in [6.45, 7) is 4.74. The number of anilines is 1. The molecule has 3 aliphatic rings. The first-order valence-electron chi connectivity index (χ1n) is 13.6. The van der Waals surface area contributed by atoms with Crippen molar-refractivity contribution in [2.45, 2.75) is 56.8 Å². The summed E-state index contributed by atoms with van der Waals surface area (Å²) in [7, 11) is 0. The van der Waals surface area contributed by atoms with Gasteiger partial charge < -0.3 is 15.3 Å². The van der Waals surface area contributed by atoms with Crippen molar-refractivity contribution in [1.82, 2.24) is 5.32 Å². The quantitative estimate of drug-likeness (QED) is 0.456. The third-order valence-electron chi connectivity index (χ3n) is 9.15. The number of nitrogens with one attached hydrogen (secondary N) is 1. The molecule has 0 radical (unpaired) electrons. The molecule has 0 saturated carbocycles. The van der Waals surface area contributed by atoms with Gasteiger partial charge in [0.25, 0.3) is 0 Å². The minimum absolute atomic E-state index is 0.318. The van der Waals surface area contributed by atoms with Gasteiger partial charge in [0.05, 0.1) is 0 Å². The molecule has 2 saturated heterocycles. The molecule has 1 aliphatic carbocycles. The van der Waals surface area contributed by atoms with Crippen LogP contribution in [0.3, 0.4) is 0 Å². The summed E-state index contributed by atoms with van der Waals surface area (Å²) in [5.41, 5.74) is 7.41. The van der Waals surface area contributed by atoms with E-state index in [1.54, 1.807) is 0 Å². The first kappa shape index (κ1) is 22.7. The lowest BCUT2D eigenvalue weighted by molar-refractivity contribution is 0.191. The van der Waals surface area contributed by atoms with Crippen LogP contribution in [0.15, 0.2) is 72.8 Å². The molecule has 6 rings (SSSR count). The van der Waals surface area contributed by atoms with Crippen LogP contribution in [0.1, 0.15) is 72.6 Å². The lowest BCUT2D eigenvalue weighted by atomic mass is 9.69. The average Bonchev–Trinajstić information content (AvgIpc) is 3.14. The molecule has 2 aliphatic heterocycles. The summed E-state index contributed by atoms with van der Waals surface area (Å²) in [6, 6.07) is 26.5. The number of benzene rings is 3. The molecule has 2 heterocycles. The Morgan fingerprint density at radius 3 is 2.40 bits per heavy atom. The fraction of sp³-hybridized carbons (Fsp3) is 0.438. The van der Waals surface area contributed by atoms with E-state index in [0.717, 1.165) is 12.8 Å². The highest BCUT2D eigenvalue weighted by atomic mass is 16.3. The van der Waals surface area contributed by atoms with Crippen molar-refractivity contribution in [2.75, 3.05) is 31.1 Å². The summed E-state index contributed by atoms with van der Waals surface area (Å²) in [4.78, 5) is 2.61. The summed E-state index contributed by atoms with van der Waals surface area (Å²) in [5.74, 6) is 1.15. The van der Waals surface area contributed by atoms with Gasteiger partial charge in [-0.05, 0) is 116 Å². The second kappa shape index (κ2) is 9.70. The van der Waals surface area contributed by atoms with Crippen molar-refractivity contribution in [2.24, 2.45) is 5.41 Å². The van der Waals surface area contributed by atoms with Crippen LogP contribution in [-0.4, -0.2) is 31.3 Å². The molecule has 2 N–H and O–H groups in total. The molecule has 3 aromatic rings. The largest absolute Gasteiger partial charge is 0.508 e. The Morgan fingerprint density at radius 1 is 0.800 bits per heavy atom.